The minimum Gasteiger partial charge on any atom is -0.497 e. The van der Waals surface area contributed by atoms with Crippen LogP contribution in [0.3, 0.4) is 0 Å². The molecule has 4 rings (SSSR count). The van der Waals surface area contributed by atoms with Crippen LogP contribution < -0.4 is 24.4 Å². The van der Waals surface area contributed by atoms with E-state index in [2.05, 4.69) is 0 Å². The van der Waals surface area contributed by atoms with Gasteiger partial charge in [0, 0.05) is 25.7 Å². The molecule has 3 aromatic carbocycles. The van der Waals surface area contributed by atoms with Crippen molar-refractivity contribution in [1.29, 1.82) is 0 Å². The molecule has 1 fully saturated rings. The van der Waals surface area contributed by atoms with Gasteiger partial charge >= 0.3 is 0 Å². The first kappa shape index (κ1) is 36.0. The molecule has 1 atom stereocenters. The van der Waals surface area contributed by atoms with Crippen LogP contribution >= 0.6 is 0 Å². The fraction of sp³-hybridized carbons (Fsp3) is 0.364. The van der Waals surface area contributed by atoms with E-state index in [1.807, 2.05) is 0 Å². The quantitative estimate of drug-likeness (QED) is 0.179. The summed E-state index contributed by atoms with van der Waals surface area (Å²) in [6.45, 7) is -0.972. The highest BCUT2D eigenvalue weighted by molar-refractivity contribution is 7.89. The monoisotopic (exact) mass is 684 g/mol. The average molecular weight is 685 g/mol. The van der Waals surface area contributed by atoms with Gasteiger partial charge in [0.2, 0.25) is 27.7 Å². The van der Waals surface area contributed by atoms with Crippen LogP contribution in [0.15, 0.2) is 71.6 Å². The van der Waals surface area contributed by atoms with Crippen molar-refractivity contribution < 1.29 is 47.0 Å². The second kappa shape index (κ2) is 16.3. The summed E-state index contributed by atoms with van der Waals surface area (Å²) >= 11 is 0. The Kier molecular flexibility index (Phi) is 12.2. The highest BCUT2D eigenvalue weighted by Gasteiger charge is 2.38. The molecule has 3 amide bonds. The van der Waals surface area contributed by atoms with Crippen LogP contribution in [0.4, 0.5) is 0 Å². The maximum atomic E-state index is 13.9. The number of sulfonamides is 1. The summed E-state index contributed by atoms with van der Waals surface area (Å²) in [6.07, 6.45) is -0.0513. The molecule has 0 aliphatic carbocycles. The number of carbonyl (C=O) groups is 3. The molecule has 0 radical (unpaired) electrons. The first-order valence-corrected chi connectivity index (χ1v) is 16.4. The van der Waals surface area contributed by atoms with Crippen molar-refractivity contribution in [3.63, 3.8) is 0 Å². The van der Waals surface area contributed by atoms with Gasteiger partial charge in [-0.15, -0.1) is 0 Å². The molecule has 1 saturated heterocycles. The van der Waals surface area contributed by atoms with Crippen molar-refractivity contribution in [2.75, 3.05) is 54.6 Å². The summed E-state index contributed by atoms with van der Waals surface area (Å²) in [5.41, 5.74) is 3.09. The number of methoxy groups -OCH3 is 4. The van der Waals surface area contributed by atoms with Crippen LogP contribution in [-0.2, 0) is 37.4 Å². The van der Waals surface area contributed by atoms with Crippen molar-refractivity contribution in [2.24, 2.45) is 0 Å². The fourth-order valence-corrected chi connectivity index (χ4v) is 6.75. The zero-order valence-corrected chi connectivity index (χ0v) is 28.1. The molecule has 258 valence electrons. The number of carbonyl (C=O) groups excluding carboxylic acids is 3. The lowest BCUT2D eigenvalue weighted by Gasteiger charge is -2.41. The summed E-state index contributed by atoms with van der Waals surface area (Å²) in [4.78, 5) is 42.3. The van der Waals surface area contributed by atoms with Crippen molar-refractivity contribution >= 4 is 27.7 Å². The molecule has 1 heterocycles. The molecule has 0 aromatic heterocycles. The molecule has 0 saturated carbocycles. The molecule has 0 spiro atoms. The Hall–Kier alpha value is -4.86. The number of nitrogens with one attached hydrogen (secondary N) is 1. The van der Waals surface area contributed by atoms with Gasteiger partial charge in [-0.05, 0) is 66.1 Å². The van der Waals surface area contributed by atoms with E-state index in [1.165, 1.54) is 55.4 Å². The van der Waals surface area contributed by atoms with Crippen molar-refractivity contribution in [2.45, 2.75) is 30.3 Å². The number of hydrogen-bond donors (Lipinski definition) is 2. The average Bonchev–Trinajstić information content (AvgIpc) is 3.10. The minimum absolute atomic E-state index is 0.0448. The summed E-state index contributed by atoms with van der Waals surface area (Å²) in [5.74, 6) is 0.302. The summed E-state index contributed by atoms with van der Waals surface area (Å²) in [6, 6.07) is 17.2. The van der Waals surface area contributed by atoms with Crippen LogP contribution in [0.25, 0.3) is 0 Å². The molecular weight excluding hydrogens is 644 g/mol. The van der Waals surface area contributed by atoms with E-state index in [0.29, 0.717) is 28.6 Å². The van der Waals surface area contributed by atoms with Gasteiger partial charge in [-0.1, -0.05) is 12.1 Å². The van der Waals surface area contributed by atoms with Crippen molar-refractivity contribution in [1.82, 2.24) is 19.6 Å². The SMILES string of the molecule is COc1ccc(CCN(CC(=O)N2CC(=O)N(Cc3cc(OC)cc(OC)c3)CC2CC(=O)NO)S(=O)(=O)c2ccc(OC)cc2)cc1. The van der Waals surface area contributed by atoms with Crippen LogP contribution in [0, 0.1) is 0 Å². The van der Waals surface area contributed by atoms with Crippen LogP contribution in [0.2, 0.25) is 0 Å². The van der Waals surface area contributed by atoms with Gasteiger partial charge < -0.3 is 28.7 Å². The van der Waals surface area contributed by atoms with E-state index in [-0.39, 0.29) is 37.4 Å². The predicted octanol–water partition coefficient (Wildman–Crippen LogP) is 2.09. The Morgan fingerprint density at radius 3 is 1.96 bits per heavy atom. The maximum Gasteiger partial charge on any atom is 0.245 e. The van der Waals surface area contributed by atoms with Gasteiger partial charge in [0.15, 0.2) is 0 Å². The van der Waals surface area contributed by atoms with Crippen molar-refractivity contribution in [3.8, 4) is 23.0 Å². The lowest BCUT2D eigenvalue weighted by atomic mass is 10.1. The van der Waals surface area contributed by atoms with Gasteiger partial charge in [-0.25, -0.2) is 13.9 Å². The number of hydroxylamine groups is 1. The van der Waals surface area contributed by atoms with Gasteiger partial charge in [0.1, 0.15) is 29.5 Å². The van der Waals surface area contributed by atoms with Crippen LogP contribution in [0.5, 0.6) is 23.0 Å². The number of hydrogen-bond acceptors (Lipinski definition) is 10. The number of piperazine rings is 1. The summed E-state index contributed by atoms with van der Waals surface area (Å²) in [7, 11) is 1.82. The van der Waals surface area contributed by atoms with E-state index in [1.54, 1.807) is 55.1 Å². The lowest BCUT2D eigenvalue weighted by Crippen LogP contribution is -2.60. The Bertz CT molecular complexity index is 1660. The highest BCUT2D eigenvalue weighted by Crippen LogP contribution is 2.26. The molecule has 0 bridgehead atoms. The summed E-state index contributed by atoms with van der Waals surface area (Å²) in [5, 5.41) is 9.27. The third-order valence-electron chi connectivity index (χ3n) is 8.00. The number of benzene rings is 3. The number of amides is 3. The molecular formula is C33H40N4O10S. The Balaban J connectivity index is 1.59. The van der Waals surface area contributed by atoms with Crippen LogP contribution in [0.1, 0.15) is 17.5 Å². The van der Waals surface area contributed by atoms with E-state index >= 15 is 0 Å². The lowest BCUT2D eigenvalue weighted by molar-refractivity contribution is -0.151. The van der Waals surface area contributed by atoms with Gasteiger partial charge in [-0.3, -0.25) is 19.6 Å². The molecule has 14 nitrogen and oxygen atoms in total. The molecule has 1 unspecified atom stereocenters. The van der Waals surface area contributed by atoms with E-state index < -0.39 is 46.9 Å². The smallest absolute Gasteiger partial charge is 0.245 e. The zero-order chi connectivity index (χ0) is 34.8. The maximum absolute atomic E-state index is 13.9. The van der Waals surface area contributed by atoms with Gasteiger partial charge in [-0.2, -0.15) is 4.31 Å². The van der Waals surface area contributed by atoms with E-state index in [9.17, 15) is 28.0 Å². The first-order valence-electron chi connectivity index (χ1n) is 15.0. The first-order chi connectivity index (χ1) is 23.0. The number of rotatable bonds is 15. The largest absolute Gasteiger partial charge is 0.497 e. The molecule has 3 aromatic rings. The second-order valence-electron chi connectivity index (χ2n) is 11.0. The molecule has 1 aliphatic heterocycles. The number of nitrogens with zero attached hydrogens (tertiary/aromatic N) is 3. The zero-order valence-electron chi connectivity index (χ0n) is 27.2. The third kappa shape index (κ3) is 8.93. The fourth-order valence-electron chi connectivity index (χ4n) is 5.36. The van der Waals surface area contributed by atoms with Gasteiger partial charge in [0.05, 0.1) is 52.3 Å². The Morgan fingerprint density at radius 1 is 0.854 bits per heavy atom. The molecule has 48 heavy (non-hydrogen) atoms. The highest BCUT2D eigenvalue weighted by atomic mass is 32.2. The topological polar surface area (TPSA) is 164 Å². The van der Waals surface area contributed by atoms with Crippen molar-refractivity contribution in [3.05, 3.63) is 77.9 Å². The van der Waals surface area contributed by atoms with Crippen LogP contribution in [-0.4, -0.2) is 106 Å². The Morgan fingerprint density at radius 2 is 1.42 bits per heavy atom. The normalized spacial score (nSPS) is 14.9. The second-order valence-corrected chi connectivity index (χ2v) is 13.0. The molecule has 2 N–H and O–H groups in total. The molecule has 15 heteroatoms. The number of ether oxygens (including phenoxy) is 4. The minimum atomic E-state index is -4.20. The third-order valence-corrected chi connectivity index (χ3v) is 9.86. The summed E-state index contributed by atoms with van der Waals surface area (Å²) < 4.78 is 49.9. The Labute approximate surface area is 279 Å². The predicted molar refractivity (Wildman–Crippen MR) is 173 cm³/mol. The molecule has 1 aliphatic rings. The van der Waals surface area contributed by atoms with E-state index in [0.717, 1.165) is 9.87 Å². The van der Waals surface area contributed by atoms with Gasteiger partial charge in [0.25, 0.3) is 0 Å². The van der Waals surface area contributed by atoms with E-state index in [4.69, 9.17) is 18.9 Å². The standard InChI is InChI=1S/C33H40N4O10S/c1-44-26-7-5-23(6-8-26)13-14-36(48(42,43)30-11-9-27(45-2)10-12-30)21-33(40)37-22-32(39)35(20-25(37)17-31(38)34-41)19-24-15-28(46-3)18-29(16-24)47-4/h5-12,15-16,18,25,41H,13-14,17,19-22H2,1-4H3,(H,34,38).